The Morgan fingerprint density at radius 3 is 3.10 bits per heavy atom. The first-order valence-corrected chi connectivity index (χ1v) is 6.62. The standard InChI is InChI=1S/C13H19N3O4/c1-3-6-20-11-4-5-14-13(15-11)16(2)10-8-19-7-9(10)12(17)18/h4-5,9-10H,3,6-8H2,1-2H3,(H,17,18). The number of hydrogen-bond acceptors (Lipinski definition) is 6. The third kappa shape index (κ3) is 3.16. The van der Waals surface area contributed by atoms with Crippen molar-refractivity contribution < 1.29 is 19.4 Å². The van der Waals surface area contributed by atoms with Gasteiger partial charge in [-0.3, -0.25) is 4.79 Å². The SMILES string of the molecule is CCCOc1ccnc(N(C)C2COCC2C(=O)O)n1. The molecule has 1 N–H and O–H groups in total. The summed E-state index contributed by atoms with van der Waals surface area (Å²) in [7, 11) is 1.77. The predicted molar refractivity (Wildman–Crippen MR) is 72.0 cm³/mol. The van der Waals surface area contributed by atoms with Crippen LogP contribution in [0.5, 0.6) is 5.88 Å². The number of ether oxygens (including phenoxy) is 2. The van der Waals surface area contributed by atoms with Gasteiger partial charge >= 0.3 is 5.97 Å². The van der Waals surface area contributed by atoms with Gasteiger partial charge in [-0.05, 0) is 6.42 Å². The van der Waals surface area contributed by atoms with Crippen LogP contribution >= 0.6 is 0 Å². The number of carbonyl (C=O) groups is 1. The minimum Gasteiger partial charge on any atom is -0.481 e. The number of aliphatic carboxylic acids is 1. The van der Waals surface area contributed by atoms with Gasteiger partial charge in [0.25, 0.3) is 0 Å². The zero-order valence-corrected chi connectivity index (χ0v) is 11.7. The summed E-state index contributed by atoms with van der Waals surface area (Å²) in [5.41, 5.74) is 0. The van der Waals surface area contributed by atoms with E-state index in [0.29, 0.717) is 25.0 Å². The average Bonchev–Trinajstić information content (AvgIpc) is 2.94. The molecule has 0 aliphatic carbocycles. The van der Waals surface area contributed by atoms with Crippen LogP contribution in [0.25, 0.3) is 0 Å². The van der Waals surface area contributed by atoms with Gasteiger partial charge in [-0.1, -0.05) is 6.92 Å². The molecule has 7 heteroatoms. The van der Waals surface area contributed by atoms with Crippen molar-refractivity contribution in [1.29, 1.82) is 0 Å². The molecule has 0 bridgehead atoms. The second kappa shape index (κ2) is 6.51. The molecule has 2 unspecified atom stereocenters. The average molecular weight is 281 g/mol. The highest BCUT2D eigenvalue weighted by Gasteiger charge is 2.37. The van der Waals surface area contributed by atoms with Crippen molar-refractivity contribution in [3.05, 3.63) is 12.3 Å². The molecule has 1 aliphatic rings. The largest absolute Gasteiger partial charge is 0.481 e. The second-order valence-electron chi connectivity index (χ2n) is 4.70. The molecule has 1 saturated heterocycles. The Bertz CT molecular complexity index is 469. The molecule has 110 valence electrons. The van der Waals surface area contributed by atoms with Crippen molar-refractivity contribution in [2.45, 2.75) is 19.4 Å². The third-order valence-corrected chi connectivity index (χ3v) is 3.25. The zero-order valence-electron chi connectivity index (χ0n) is 11.7. The van der Waals surface area contributed by atoms with Crippen LogP contribution in [0.15, 0.2) is 12.3 Å². The molecule has 2 rings (SSSR count). The maximum Gasteiger partial charge on any atom is 0.311 e. The summed E-state index contributed by atoms with van der Waals surface area (Å²) in [5.74, 6) is -0.489. The molecule has 2 atom stereocenters. The topological polar surface area (TPSA) is 84.8 Å². The van der Waals surface area contributed by atoms with Gasteiger partial charge in [0.2, 0.25) is 11.8 Å². The van der Waals surface area contributed by atoms with Crippen molar-refractivity contribution in [2.75, 3.05) is 31.8 Å². The first-order chi connectivity index (χ1) is 9.63. The number of likely N-dealkylation sites (N-methyl/N-ethyl adjacent to an activating group) is 1. The lowest BCUT2D eigenvalue weighted by molar-refractivity contribution is -0.141. The zero-order chi connectivity index (χ0) is 14.5. The molecule has 7 nitrogen and oxygen atoms in total. The highest BCUT2D eigenvalue weighted by molar-refractivity contribution is 5.72. The Morgan fingerprint density at radius 2 is 2.40 bits per heavy atom. The van der Waals surface area contributed by atoms with E-state index in [0.717, 1.165) is 6.42 Å². The van der Waals surface area contributed by atoms with E-state index in [-0.39, 0.29) is 12.6 Å². The monoisotopic (exact) mass is 281 g/mol. The van der Waals surface area contributed by atoms with Gasteiger partial charge < -0.3 is 19.5 Å². The van der Waals surface area contributed by atoms with E-state index >= 15 is 0 Å². The molecular weight excluding hydrogens is 262 g/mol. The van der Waals surface area contributed by atoms with Crippen molar-refractivity contribution in [3.8, 4) is 5.88 Å². The van der Waals surface area contributed by atoms with E-state index in [2.05, 4.69) is 9.97 Å². The lowest BCUT2D eigenvalue weighted by Gasteiger charge is -2.26. The maximum atomic E-state index is 11.2. The van der Waals surface area contributed by atoms with Crippen LogP contribution in [0.1, 0.15) is 13.3 Å². The van der Waals surface area contributed by atoms with Gasteiger partial charge in [0.05, 0.1) is 25.9 Å². The summed E-state index contributed by atoms with van der Waals surface area (Å²) >= 11 is 0. The molecule has 0 radical (unpaired) electrons. The number of carboxylic acids is 1. The van der Waals surface area contributed by atoms with Gasteiger partial charge in [0.1, 0.15) is 5.92 Å². The summed E-state index contributed by atoms with van der Waals surface area (Å²) in [6.45, 7) is 3.18. The van der Waals surface area contributed by atoms with E-state index in [1.165, 1.54) is 0 Å². The van der Waals surface area contributed by atoms with Crippen LogP contribution in [0.2, 0.25) is 0 Å². The van der Waals surface area contributed by atoms with Gasteiger partial charge in [-0.2, -0.15) is 4.98 Å². The van der Waals surface area contributed by atoms with E-state index in [1.54, 1.807) is 24.2 Å². The summed E-state index contributed by atoms with van der Waals surface area (Å²) in [6, 6.07) is 1.42. The molecule has 0 aromatic carbocycles. The molecular formula is C13H19N3O4. The first-order valence-electron chi connectivity index (χ1n) is 6.62. The van der Waals surface area contributed by atoms with Crippen molar-refractivity contribution >= 4 is 11.9 Å². The third-order valence-electron chi connectivity index (χ3n) is 3.25. The van der Waals surface area contributed by atoms with Crippen LogP contribution in [0.4, 0.5) is 5.95 Å². The predicted octanol–water partition coefficient (Wildman–Crippen LogP) is 0.801. The molecule has 1 aliphatic heterocycles. The van der Waals surface area contributed by atoms with E-state index in [9.17, 15) is 9.90 Å². The Hall–Kier alpha value is -1.89. The van der Waals surface area contributed by atoms with Crippen LogP contribution in [-0.4, -0.2) is 54.0 Å². The Kier molecular flexibility index (Phi) is 4.73. The lowest BCUT2D eigenvalue weighted by atomic mass is 10.0. The molecule has 0 spiro atoms. The van der Waals surface area contributed by atoms with Crippen LogP contribution in [-0.2, 0) is 9.53 Å². The van der Waals surface area contributed by atoms with Crippen LogP contribution in [0, 0.1) is 5.92 Å². The number of carboxylic acid groups (broad SMARTS) is 1. The Labute approximate surface area is 117 Å². The quantitative estimate of drug-likeness (QED) is 0.825. The lowest BCUT2D eigenvalue weighted by Crippen LogP contribution is -2.41. The molecule has 2 heterocycles. The molecule has 0 amide bonds. The number of rotatable bonds is 6. The normalized spacial score (nSPS) is 21.7. The summed E-state index contributed by atoms with van der Waals surface area (Å²) < 4.78 is 10.7. The number of aromatic nitrogens is 2. The smallest absolute Gasteiger partial charge is 0.311 e. The van der Waals surface area contributed by atoms with Crippen molar-refractivity contribution in [2.24, 2.45) is 5.92 Å². The van der Waals surface area contributed by atoms with E-state index in [4.69, 9.17) is 9.47 Å². The number of hydrogen-bond donors (Lipinski definition) is 1. The summed E-state index contributed by atoms with van der Waals surface area (Å²) in [4.78, 5) is 21.4. The molecule has 1 aromatic heterocycles. The highest BCUT2D eigenvalue weighted by Crippen LogP contribution is 2.23. The van der Waals surface area contributed by atoms with Gasteiger partial charge in [-0.25, -0.2) is 4.98 Å². The van der Waals surface area contributed by atoms with E-state index < -0.39 is 11.9 Å². The Balaban J connectivity index is 2.11. The summed E-state index contributed by atoms with van der Waals surface area (Å²) in [6.07, 6.45) is 2.50. The summed E-state index contributed by atoms with van der Waals surface area (Å²) in [5, 5.41) is 9.18. The fraction of sp³-hybridized carbons (Fsp3) is 0.615. The van der Waals surface area contributed by atoms with E-state index in [1.807, 2.05) is 6.92 Å². The molecule has 1 fully saturated rings. The maximum absolute atomic E-state index is 11.2. The molecule has 0 saturated carbocycles. The minimum atomic E-state index is -0.863. The molecule has 1 aromatic rings. The van der Waals surface area contributed by atoms with Crippen molar-refractivity contribution in [1.82, 2.24) is 9.97 Å². The van der Waals surface area contributed by atoms with Crippen LogP contribution < -0.4 is 9.64 Å². The molecule has 20 heavy (non-hydrogen) atoms. The number of anilines is 1. The van der Waals surface area contributed by atoms with Crippen LogP contribution in [0.3, 0.4) is 0 Å². The van der Waals surface area contributed by atoms with Gasteiger partial charge in [-0.15, -0.1) is 0 Å². The fourth-order valence-electron chi connectivity index (χ4n) is 2.10. The highest BCUT2D eigenvalue weighted by atomic mass is 16.5. The van der Waals surface area contributed by atoms with Gasteiger partial charge in [0, 0.05) is 19.3 Å². The second-order valence-corrected chi connectivity index (χ2v) is 4.70. The Morgan fingerprint density at radius 1 is 1.60 bits per heavy atom. The fourth-order valence-corrected chi connectivity index (χ4v) is 2.10. The van der Waals surface area contributed by atoms with Crippen molar-refractivity contribution in [3.63, 3.8) is 0 Å². The number of nitrogens with zero attached hydrogens (tertiary/aromatic N) is 3. The minimum absolute atomic E-state index is 0.219. The first kappa shape index (κ1) is 14.5. The van der Waals surface area contributed by atoms with Gasteiger partial charge in [0.15, 0.2) is 0 Å².